The number of carbonyl (C=O) groups is 1. The Morgan fingerprint density at radius 1 is 1.47 bits per heavy atom. The maximum atomic E-state index is 10.4. The van der Waals surface area contributed by atoms with Gasteiger partial charge in [0, 0.05) is 6.07 Å². The fourth-order valence-electron chi connectivity index (χ4n) is 1.20. The van der Waals surface area contributed by atoms with Crippen LogP contribution in [0.1, 0.15) is 6.92 Å². The predicted octanol–water partition coefficient (Wildman–Crippen LogP) is -0.0675. The van der Waals surface area contributed by atoms with Crippen LogP contribution >= 0.6 is 0 Å². The molecule has 0 saturated carbocycles. The van der Waals surface area contributed by atoms with Crippen LogP contribution < -0.4 is 19.3 Å². The molecule has 0 spiro atoms. The lowest BCUT2D eigenvalue weighted by atomic mass is 10.3. The molecule has 1 atom stereocenters. The number of carboxylic acids is 1. The molecule has 15 heavy (non-hydrogen) atoms. The Hall–Kier alpha value is -1.91. The summed E-state index contributed by atoms with van der Waals surface area (Å²) < 4.78 is 15.3. The van der Waals surface area contributed by atoms with Crippen LogP contribution in [0.25, 0.3) is 0 Å². The lowest BCUT2D eigenvalue weighted by Gasteiger charge is -2.15. The molecule has 0 aliphatic carbocycles. The van der Waals surface area contributed by atoms with E-state index in [0.29, 0.717) is 17.2 Å². The Bertz CT molecular complexity index is 387. The van der Waals surface area contributed by atoms with Gasteiger partial charge in [-0.3, -0.25) is 0 Å². The molecule has 2 rings (SSSR count). The molecule has 5 nitrogen and oxygen atoms in total. The van der Waals surface area contributed by atoms with Crippen molar-refractivity contribution in [2.75, 3.05) is 6.79 Å². The van der Waals surface area contributed by atoms with Gasteiger partial charge in [-0.2, -0.15) is 0 Å². The molecule has 0 N–H and O–H groups in total. The standard InChI is InChI=1S/C10H10O5/c1-6(10(11)12)15-7-2-3-8-9(4-7)14-5-13-8/h2-4,6H,5H2,1H3,(H,11,12)/p-1/t6-/m1/s1. The predicted molar refractivity (Wildman–Crippen MR) is 47.7 cm³/mol. The maximum Gasteiger partial charge on any atom is 0.231 e. The van der Waals surface area contributed by atoms with Crippen LogP contribution in [0.4, 0.5) is 0 Å². The molecule has 0 radical (unpaired) electrons. The summed E-state index contributed by atoms with van der Waals surface area (Å²) in [4.78, 5) is 10.4. The SMILES string of the molecule is C[C@@H](Oc1ccc2c(c1)OCO2)C(=O)[O-]. The summed E-state index contributed by atoms with van der Waals surface area (Å²) in [6, 6.07) is 4.87. The minimum absolute atomic E-state index is 0.175. The van der Waals surface area contributed by atoms with Crippen LogP contribution in [0.15, 0.2) is 18.2 Å². The van der Waals surface area contributed by atoms with Crippen molar-refractivity contribution in [1.82, 2.24) is 0 Å². The van der Waals surface area contributed by atoms with Gasteiger partial charge in [-0.25, -0.2) is 0 Å². The number of hydrogen-bond acceptors (Lipinski definition) is 5. The number of benzene rings is 1. The van der Waals surface area contributed by atoms with Gasteiger partial charge >= 0.3 is 0 Å². The molecule has 0 amide bonds. The van der Waals surface area contributed by atoms with Crippen LogP contribution in [0.2, 0.25) is 0 Å². The van der Waals surface area contributed by atoms with E-state index in [1.807, 2.05) is 0 Å². The van der Waals surface area contributed by atoms with Crippen molar-refractivity contribution in [2.45, 2.75) is 13.0 Å². The van der Waals surface area contributed by atoms with Crippen molar-refractivity contribution in [1.29, 1.82) is 0 Å². The van der Waals surface area contributed by atoms with Crippen molar-refractivity contribution in [3.05, 3.63) is 18.2 Å². The zero-order valence-electron chi connectivity index (χ0n) is 8.06. The third kappa shape index (κ3) is 1.96. The number of carbonyl (C=O) groups excluding carboxylic acids is 1. The lowest BCUT2D eigenvalue weighted by molar-refractivity contribution is -0.312. The Kier molecular flexibility index (Phi) is 2.37. The third-order valence-corrected chi connectivity index (χ3v) is 1.99. The second-order valence-electron chi connectivity index (χ2n) is 3.09. The summed E-state index contributed by atoms with van der Waals surface area (Å²) >= 11 is 0. The number of hydrogen-bond donors (Lipinski definition) is 0. The Labute approximate surface area is 86.2 Å². The first-order valence-corrected chi connectivity index (χ1v) is 4.44. The normalized spacial score (nSPS) is 14.7. The summed E-state index contributed by atoms with van der Waals surface area (Å²) in [5, 5.41) is 10.4. The molecule has 1 heterocycles. The third-order valence-electron chi connectivity index (χ3n) is 1.99. The average Bonchev–Trinajstić information content (AvgIpc) is 2.64. The quantitative estimate of drug-likeness (QED) is 0.697. The fourth-order valence-corrected chi connectivity index (χ4v) is 1.20. The first-order chi connectivity index (χ1) is 7.16. The van der Waals surface area contributed by atoms with Gasteiger partial charge in [-0.15, -0.1) is 0 Å². The van der Waals surface area contributed by atoms with E-state index in [1.54, 1.807) is 18.2 Å². The Morgan fingerprint density at radius 3 is 2.93 bits per heavy atom. The highest BCUT2D eigenvalue weighted by molar-refractivity contribution is 5.69. The van der Waals surface area contributed by atoms with Gasteiger partial charge in [-0.1, -0.05) is 0 Å². The van der Waals surface area contributed by atoms with Crippen molar-refractivity contribution in [3.8, 4) is 17.2 Å². The fraction of sp³-hybridized carbons (Fsp3) is 0.300. The van der Waals surface area contributed by atoms with E-state index in [-0.39, 0.29) is 6.79 Å². The van der Waals surface area contributed by atoms with E-state index in [1.165, 1.54) is 6.92 Å². The molecule has 1 aliphatic rings. The minimum Gasteiger partial charge on any atom is -0.546 e. The van der Waals surface area contributed by atoms with Crippen molar-refractivity contribution >= 4 is 5.97 Å². The van der Waals surface area contributed by atoms with Gasteiger partial charge in [0.2, 0.25) is 6.79 Å². The van der Waals surface area contributed by atoms with Gasteiger partial charge in [0.25, 0.3) is 0 Å². The molecule has 1 aliphatic heterocycles. The summed E-state index contributed by atoms with van der Waals surface area (Å²) in [5.74, 6) is 0.338. The van der Waals surface area contributed by atoms with E-state index in [2.05, 4.69) is 0 Å². The molecule has 0 saturated heterocycles. The highest BCUT2D eigenvalue weighted by Crippen LogP contribution is 2.35. The van der Waals surface area contributed by atoms with Crippen molar-refractivity contribution in [3.63, 3.8) is 0 Å². The molecular formula is C10H9O5-. The van der Waals surface area contributed by atoms with Gasteiger partial charge < -0.3 is 24.1 Å². The van der Waals surface area contributed by atoms with Crippen LogP contribution in [0, 0.1) is 0 Å². The molecule has 5 heteroatoms. The van der Waals surface area contributed by atoms with Gasteiger partial charge in [0.15, 0.2) is 11.5 Å². The summed E-state index contributed by atoms with van der Waals surface area (Å²) in [5.41, 5.74) is 0. The highest BCUT2D eigenvalue weighted by Gasteiger charge is 2.14. The van der Waals surface area contributed by atoms with E-state index in [4.69, 9.17) is 14.2 Å². The lowest BCUT2D eigenvalue weighted by Crippen LogP contribution is -2.37. The van der Waals surface area contributed by atoms with Crippen LogP contribution in [-0.2, 0) is 4.79 Å². The number of rotatable bonds is 3. The zero-order chi connectivity index (χ0) is 10.8. The topological polar surface area (TPSA) is 67.8 Å². The van der Waals surface area contributed by atoms with Crippen LogP contribution in [-0.4, -0.2) is 18.9 Å². The summed E-state index contributed by atoms with van der Waals surface area (Å²) in [6.45, 7) is 1.58. The molecule has 0 unspecified atom stereocenters. The van der Waals surface area contributed by atoms with Crippen LogP contribution in [0.5, 0.6) is 17.2 Å². The largest absolute Gasteiger partial charge is 0.546 e. The summed E-state index contributed by atoms with van der Waals surface area (Å²) in [6.07, 6.45) is -0.995. The molecular weight excluding hydrogens is 200 g/mol. The molecule has 1 aromatic carbocycles. The Balaban J connectivity index is 2.13. The number of carboxylic acid groups (broad SMARTS) is 1. The molecule has 80 valence electrons. The van der Waals surface area contributed by atoms with Gasteiger partial charge in [0.05, 0.1) is 5.97 Å². The van der Waals surface area contributed by atoms with E-state index < -0.39 is 12.1 Å². The Morgan fingerprint density at radius 2 is 2.20 bits per heavy atom. The number of fused-ring (bicyclic) bond motifs is 1. The first-order valence-electron chi connectivity index (χ1n) is 4.44. The maximum absolute atomic E-state index is 10.4. The zero-order valence-corrected chi connectivity index (χ0v) is 8.06. The summed E-state index contributed by atoms with van der Waals surface area (Å²) in [7, 11) is 0. The van der Waals surface area contributed by atoms with Gasteiger partial charge in [0.1, 0.15) is 11.9 Å². The number of aliphatic carboxylic acids is 1. The van der Waals surface area contributed by atoms with Gasteiger partial charge in [-0.05, 0) is 19.1 Å². The second kappa shape index (κ2) is 3.68. The highest BCUT2D eigenvalue weighted by atomic mass is 16.7. The van der Waals surface area contributed by atoms with Crippen molar-refractivity contribution < 1.29 is 24.1 Å². The second-order valence-corrected chi connectivity index (χ2v) is 3.09. The number of ether oxygens (including phenoxy) is 3. The smallest absolute Gasteiger partial charge is 0.231 e. The molecule has 1 aromatic rings. The van der Waals surface area contributed by atoms with E-state index in [9.17, 15) is 9.90 Å². The minimum atomic E-state index is -1.26. The molecule has 0 fully saturated rings. The van der Waals surface area contributed by atoms with Crippen LogP contribution in [0.3, 0.4) is 0 Å². The molecule has 0 bridgehead atoms. The monoisotopic (exact) mass is 209 g/mol. The van der Waals surface area contributed by atoms with Crippen molar-refractivity contribution in [2.24, 2.45) is 0 Å². The van der Waals surface area contributed by atoms with E-state index in [0.717, 1.165) is 0 Å². The molecule has 0 aromatic heterocycles. The average molecular weight is 209 g/mol. The first kappa shape index (κ1) is 9.64. The van der Waals surface area contributed by atoms with E-state index >= 15 is 0 Å².